The zero-order valence-corrected chi connectivity index (χ0v) is 24.5. The molecule has 0 radical (unpaired) electrons. The van der Waals surface area contributed by atoms with E-state index in [1.165, 1.54) is 12.0 Å². The van der Waals surface area contributed by atoms with Crippen molar-refractivity contribution in [2.45, 2.75) is 64.6 Å². The van der Waals surface area contributed by atoms with Gasteiger partial charge in [0.2, 0.25) is 21.8 Å². The standard InChI is InChI=1S/C27H35Cl2N3O5S/c1-18-10-13-25(37-3)24(14-18)32(38(4,35)36)17-26(33)31(16-20-11-12-21(28)15-23(20)29)19(2)27(34)30-22-8-6-5-7-9-22/h10-15,19,22H,5-9,16-17H2,1-4H3,(H,30,34)/t19-/m0/s1. The van der Waals surface area contributed by atoms with E-state index in [0.717, 1.165) is 48.2 Å². The first-order valence-electron chi connectivity index (χ1n) is 12.6. The molecule has 2 aromatic rings. The fraction of sp³-hybridized carbons (Fsp3) is 0.481. The van der Waals surface area contributed by atoms with E-state index < -0.39 is 28.5 Å². The highest BCUT2D eigenvalue weighted by Gasteiger charge is 2.32. The summed E-state index contributed by atoms with van der Waals surface area (Å²) in [6.07, 6.45) is 6.05. The average molecular weight is 585 g/mol. The first kappa shape index (κ1) is 30.1. The first-order valence-corrected chi connectivity index (χ1v) is 15.2. The number of halogens is 2. The molecule has 1 aliphatic carbocycles. The van der Waals surface area contributed by atoms with E-state index in [-0.39, 0.29) is 24.2 Å². The number of hydrogen-bond acceptors (Lipinski definition) is 5. The van der Waals surface area contributed by atoms with Gasteiger partial charge in [0.05, 0.1) is 19.1 Å². The van der Waals surface area contributed by atoms with Crippen molar-refractivity contribution in [1.82, 2.24) is 10.2 Å². The number of ether oxygens (including phenoxy) is 1. The van der Waals surface area contributed by atoms with E-state index in [0.29, 0.717) is 21.4 Å². The van der Waals surface area contributed by atoms with Crippen molar-refractivity contribution >= 4 is 50.7 Å². The molecule has 0 heterocycles. The van der Waals surface area contributed by atoms with Gasteiger partial charge in [-0.2, -0.15) is 0 Å². The molecule has 1 atom stereocenters. The summed E-state index contributed by atoms with van der Waals surface area (Å²) in [5, 5.41) is 3.85. The van der Waals surface area contributed by atoms with Crippen LogP contribution in [-0.4, -0.2) is 57.1 Å². The molecular formula is C27H35Cl2N3O5S. The molecule has 2 amide bonds. The summed E-state index contributed by atoms with van der Waals surface area (Å²) < 4.78 is 32.1. The highest BCUT2D eigenvalue weighted by molar-refractivity contribution is 7.92. The van der Waals surface area contributed by atoms with Crippen LogP contribution in [0.15, 0.2) is 36.4 Å². The molecule has 3 rings (SSSR count). The number of benzene rings is 2. The van der Waals surface area contributed by atoms with Crippen molar-refractivity contribution in [3.8, 4) is 5.75 Å². The minimum Gasteiger partial charge on any atom is -0.495 e. The highest BCUT2D eigenvalue weighted by Crippen LogP contribution is 2.31. The summed E-state index contributed by atoms with van der Waals surface area (Å²) in [7, 11) is -2.46. The lowest BCUT2D eigenvalue weighted by Crippen LogP contribution is -2.53. The van der Waals surface area contributed by atoms with Crippen LogP contribution >= 0.6 is 23.2 Å². The van der Waals surface area contributed by atoms with Crippen LogP contribution in [0.1, 0.15) is 50.2 Å². The molecule has 0 aromatic heterocycles. The Bertz CT molecular complexity index is 1270. The zero-order valence-electron chi connectivity index (χ0n) is 22.2. The molecule has 0 bridgehead atoms. The van der Waals surface area contributed by atoms with Gasteiger partial charge in [0.25, 0.3) is 0 Å². The third-order valence-electron chi connectivity index (χ3n) is 6.76. The number of aryl methyl sites for hydroxylation is 1. The zero-order chi connectivity index (χ0) is 28.0. The maximum Gasteiger partial charge on any atom is 0.244 e. The van der Waals surface area contributed by atoms with Gasteiger partial charge in [-0.05, 0) is 62.1 Å². The third kappa shape index (κ3) is 7.77. The lowest BCUT2D eigenvalue weighted by atomic mass is 9.95. The van der Waals surface area contributed by atoms with Gasteiger partial charge in [0.15, 0.2) is 0 Å². The van der Waals surface area contributed by atoms with Gasteiger partial charge in [-0.25, -0.2) is 8.42 Å². The Morgan fingerprint density at radius 3 is 2.39 bits per heavy atom. The number of anilines is 1. The van der Waals surface area contributed by atoms with Crippen LogP contribution in [0.2, 0.25) is 10.0 Å². The van der Waals surface area contributed by atoms with Crippen LogP contribution in [0.25, 0.3) is 0 Å². The Labute approximate surface area is 235 Å². The number of methoxy groups -OCH3 is 1. The molecule has 1 saturated carbocycles. The number of carbonyl (C=O) groups excluding carboxylic acids is 2. The SMILES string of the molecule is COc1ccc(C)cc1N(CC(=O)N(Cc1ccc(Cl)cc1Cl)[C@@H](C)C(=O)NC1CCCCC1)S(C)(=O)=O. The monoisotopic (exact) mass is 583 g/mol. The molecule has 8 nitrogen and oxygen atoms in total. The maximum atomic E-state index is 13.8. The quantitative estimate of drug-likeness (QED) is 0.427. The first-order chi connectivity index (χ1) is 17.9. The number of amides is 2. The largest absolute Gasteiger partial charge is 0.495 e. The number of rotatable bonds is 10. The molecule has 0 saturated heterocycles. The smallest absolute Gasteiger partial charge is 0.244 e. The minimum absolute atomic E-state index is 0.00333. The van der Waals surface area contributed by atoms with Gasteiger partial charge in [0.1, 0.15) is 18.3 Å². The van der Waals surface area contributed by atoms with Crippen LogP contribution in [-0.2, 0) is 26.2 Å². The Morgan fingerprint density at radius 2 is 1.79 bits per heavy atom. The Balaban J connectivity index is 1.95. The molecule has 38 heavy (non-hydrogen) atoms. The van der Waals surface area contributed by atoms with E-state index in [1.807, 2.05) is 6.92 Å². The fourth-order valence-corrected chi connectivity index (χ4v) is 5.89. The topological polar surface area (TPSA) is 96.0 Å². The Kier molecular flexibility index (Phi) is 10.3. The van der Waals surface area contributed by atoms with Gasteiger partial charge in [-0.15, -0.1) is 0 Å². The summed E-state index contributed by atoms with van der Waals surface area (Å²) in [6.45, 7) is 2.93. The fourth-order valence-electron chi connectivity index (χ4n) is 4.57. The second-order valence-corrected chi connectivity index (χ2v) is 12.5. The van der Waals surface area contributed by atoms with Gasteiger partial charge in [-0.3, -0.25) is 13.9 Å². The van der Waals surface area contributed by atoms with Crippen LogP contribution in [0.5, 0.6) is 5.75 Å². The predicted molar refractivity (Wildman–Crippen MR) is 151 cm³/mol. The number of hydrogen-bond donors (Lipinski definition) is 1. The summed E-state index contributed by atoms with van der Waals surface area (Å²) in [5.74, 6) is -0.546. The molecule has 2 aromatic carbocycles. The Hall–Kier alpha value is -2.49. The summed E-state index contributed by atoms with van der Waals surface area (Å²) >= 11 is 12.5. The molecule has 208 valence electrons. The van der Waals surface area contributed by atoms with Crippen LogP contribution < -0.4 is 14.4 Å². The lowest BCUT2D eigenvalue weighted by Gasteiger charge is -2.33. The van der Waals surface area contributed by atoms with Crippen molar-refractivity contribution in [2.24, 2.45) is 0 Å². The number of nitrogens with zero attached hydrogens (tertiary/aromatic N) is 2. The number of nitrogens with one attached hydrogen (secondary N) is 1. The molecular weight excluding hydrogens is 549 g/mol. The maximum absolute atomic E-state index is 13.8. The molecule has 0 unspecified atom stereocenters. The Morgan fingerprint density at radius 1 is 1.11 bits per heavy atom. The molecule has 1 N–H and O–H groups in total. The highest BCUT2D eigenvalue weighted by atomic mass is 35.5. The summed E-state index contributed by atoms with van der Waals surface area (Å²) in [5.41, 5.74) is 1.62. The second kappa shape index (κ2) is 13.0. The molecule has 0 spiro atoms. The predicted octanol–water partition coefficient (Wildman–Crippen LogP) is 4.94. The van der Waals surface area contributed by atoms with Crippen molar-refractivity contribution in [3.05, 3.63) is 57.6 Å². The number of sulfonamides is 1. The van der Waals surface area contributed by atoms with Gasteiger partial charge in [0, 0.05) is 22.6 Å². The second-order valence-electron chi connectivity index (χ2n) is 9.72. The van der Waals surface area contributed by atoms with E-state index >= 15 is 0 Å². The van der Waals surface area contributed by atoms with Crippen molar-refractivity contribution < 1.29 is 22.7 Å². The van der Waals surface area contributed by atoms with Gasteiger partial charge >= 0.3 is 0 Å². The average Bonchev–Trinajstić information content (AvgIpc) is 2.86. The summed E-state index contributed by atoms with van der Waals surface area (Å²) in [6, 6.07) is 9.17. The van der Waals surface area contributed by atoms with Crippen LogP contribution in [0.3, 0.4) is 0 Å². The van der Waals surface area contributed by atoms with Gasteiger partial charge in [-0.1, -0.05) is 54.6 Å². The minimum atomic E-state index is -3.89. The van der Waals surface area contributed by atoms with E-state index in [1.54, 1.807) is 43.3 Å². The number of carbonyl (C=O) groups is 2. The molecule has 11 heteroatoms. The van der Waals surface area contributed by atoms with E-state index in [2.05, 4.69) is 5.32 Å². The third-order valence-corrected chi connectivity index (χ3v) is 8.47. The molecule has 0 aliphatic heterocycles. The molecule has 1 fully saturated rings. The van der Waals surface area contributed by atoms with Crippen molar-refractivity contribution in [2.75, 3.05) is 24.2 Å². The van der Waals surface area contributed by atoms with Gasteiger partial charge < -0.3 is 15.0 Å². The van der Waals surface area contributed by atoms with E-state index in [9.17, 15) is 18.0 Å². The van der Waals surface area contributed by atoms with Crippen molar-refractivity contribution in [3.63, 3.8) is 0 Å². The van der Waals surface area contributed by atoms with Crippen LogP contribution in [0.4, 0.5) is 5.69 Å². The normalized spacial score (nSPS) is 15.0. The van der Waals surface area contributed by atoms with E-state index in [4.69, 9.17) is 27.9 Å². The van der Waals surface area contributed by atoms with Crippen LogP contribution in [0, 0.1) is 6.92 Å². The summed E-state index contributed by atoms with van der Waals surface area (Å²) in [4.78, 5) is 28.4. The lowest BCUT2D eigenvalue weighted by molar-refractivity contribution is -0.139. The van der Waals surface area contributed by atoms with Crippen molar-refractivity contribution in [1.29, 1.82) is 0 Å². The molecule has 1 aliphatic rings.